The third-order valence-corrected chi connectivity index (χ3v) is 3.76. The predicted octanol–water partition coefficient (Wildman–Crippen LogP) is 2.00. The predicted molar refractivity (Wildman–Crippen MR) is 79.7 cm³/mol. The van der Waals surface area contributed by atoms with Gasteiger partial charge in [-0.25, -0.2) is 9.37 Å². The Labute approximate surface area is 132 Å². The van der Waals surface area contributed by atoms with Crippen LogP contribution in [0.25, 0.3) is 0 Å². The minimum Gasteiger partial charge on any atom is -0.507 e. The van der Waals surface area contributed by atoms with E-state index in [9.17, 15) is 14.3 Å². The van der Waals surface area contributed by atoms with Crippen LogP contribution in [0, 0.1) is 5.82 Å². The van der Waals surface area contributed by atoms with Gasteiger partial charge >= 0.3 is 0 Å². The van der Waals surface area contributed by atoms with Crippen molar-refractivity contribution in [2.45, 2.75) is 18.9 Å². The quantitative estimate of drug-likeness (QED) is 0.937. The maximum atomic E-state index is 13.8. The zero-order chi connectivity index (χ0) is 16.2. The molecule has 7 heteroatoms. The van der Waals surface area contributed by atoms with Crippen LogP contribution in [0.2, 0.25) is 0 Å². The number of halogens is 1. The SMILES string of the molecule is O=C(c1c(O)cccc1F)N1CCC(Oc2cnccn2)CC1. The lowest BCUT2D eigenvalue weighted by Crippen LogP contribution is -2.42. The Balaban J connectivity index is 1.62. The second-order valence-electron chi connectivity index (χ2n) is 5.29. The number of amides is 1. The molecule has 23 heavy (non-hydrogen) atoms. The average molecular weight is 317 g/mol. The molecule has 0 unspecified atom stereocenters. The van der Waals surface area contributed by atoms with Crippen molar-refractivity contribution in [3.63, 3.8) is 0 Å². The highest BCUT2D eigenvalue weighted by Crippen LogP contribution is 2.24. The van der Waals surface area contributed by atoms with Crippen LogP contribution < -0.4 is 4.74 Å². The molecule has 0 saturated carbocycles. The molecule has 1 aliphatic rings. The summed E-state index contributed by atoms with van der Waals surface area (Å²) >= 11 is 0. The first-order chi connectivity index (χ1) is 11.1. The molecule has 1 amide bonds. The van der Waals surface area contributed by atoms with E-state index in [4.69, 9.17) is 4.74 Å². The zero-order valence-corrected chi connectivity index (χ0v) is 12.4. The standard InChI is InChI=1S/C16H16FN3O3/c17-12-2-1-3-13(21)15(12)16(22)20-8-4-11(5-9-20)23-14-10-18-6-7-19-14/h1-3,6-7,10-11,21H,4-5,8-9H2. The number of likely N-dealkylation sites (tertiary alicyclic amines) is 1. The first-order valence-electron chi connectivity index (χ1n) is 7.34. The molecule has 0 atom stereocenters. The lowest BCUT2D eigenvalue weighted by molar-refractivity contribution is 0.0580. The van der Waals surface area contributed by atoms with E-state index >= 15 is 0 Å². The molecule has 2 heterocycles. The van der Waals surface area contributed by atoms with Crippen molar-refractivity contribution in [3.05, 3.63) is 48.2 Å². The summed E-state index contributed by atoms with van der Waals surface area (Å²) in [5.41, 5.74) is -0.277. The van der Waals surface area contributed by atoms with Gasteiger partial charge in [0, 0.05) is 38.3 Å². The summed E-state index contributed by atoms with van der Waals surface area (Å²) in [5.74, 6) is -1.11. The molecule has 1 saturated heterocycles. The molecule has 1 aromatic carbocycles. The van der Waals surface area contributed by atoms with Gasteiger partial charge in [-0.1, -0.05) is 6.07 Å². The number of ether oxygens (including phenoxy) is 1. The summed E-state index contributed by atoms with van der Waals surface area (Å²) in [5, 5.41) is 9.71. The van der Waals surface area contributed by atoms with Crippen molar-refractivity contribution in [3.8, 4) is 11.6 Å². The summed E-state index contributed by atoms with van der Waals surface area (Å²) < 4.78 is 19.5. The summed E-state index contributed by atoms with van der Waals surface area (Å²) in [6.07, 6.45) is 5.80. The Morgan fingerprint density at radius 1 is 1.30 bits per heavy atom. The van der Waals surface area contributed by atoms with E-state index in [1.807, 2.05) is 0 Å². The number of phenolic OH excluding ortho intramolecular Hbond substituents is 1. The number of hydrogen-bond donors (Lipinski definition) is 1. The molecule has 3 rings (SSSR count). The molecule has 0 aliphatic carbocycles. The number of aromatic nitrogens is 2. The first kappa shape index (κ1) is 15.2. The smallest absolute Gasteiger partial charge is 0.260 e. The molecule has 6 nitrogen and oxygen atoms in total. The number of carbonyl (C=O) groups excluding carboxylic acids is 1. The van der Waals surface area contributed by atoms with Gasteiger partial charge in [0.25, 0.3) is 5.91 Å². The number of aromatic hydroxyl groups is 1. The van der Waals surface area contributed by atoms with Crippen molar-refractivity contribution >= 4 is 5.91 Å². The van der Waals surface area contributed by atoms with Gasteiger partial charge in [0.05, 0.1) is 6.20 Å². The Morgan fingerprint density at radius 2 is 2.09 bits per heavy atom. The van der Waals surface area contributed by atoms with Gasteiger partial charge in [-0.05, 0) is 12.1 Å². The van der Waals surface area contributed by atoms with E-state index in [-0.39, 0.29) is 17.4 Å². The van der Waals surface area contributed by atoms with Crippen molar-refractivity contribution in [2.24, 2.45) is 0 Å². The number of benzene rings is 1. The van der Waals surface area contributed by atoms with Gasteiger partial charge < -0.3 is 14.7 Å². The van der Waals surface area contributed by atoms with Gasteiger partial charge in [0.1, 0.15) is 23.2 Å². The Hall–Kier alpha value is -2.70. The number of piperidine rings is 1. The highest BCUT2D eigenvalue weighted by atomic mass is 19.1. The van der Waals surface area contributed by atoms with Crippen LogP contribution in [0.5, 0.6) is 11.6 Å². The topological polar surface area (TPSA) is 75.5 Å². The van der Waals surface area contributed by atoms with Crippen LogP contribution in [-0.2, 0) is 0 Å². The second-order valence-corrected chi connectivity index (χ2v) is 5.29. The van der Waals surface area contributed by atoms with Crippen molar-refractivity contribution < 1.29 is 19.0 Å². The summed E-state index contributed by atoms with van der Waals surface area (Å²) in [6, 6.07) is 3.83. The normalized spacial score (nSPS) is 15.4. The van der Waals surface area contributed by atoms with Crippen molar-refractivity contribution in [2.75, 3.05) is 13.1 Å². The minimum atomic E-state index is -0.715. The molecule has 0 radical (unpaired) electrons. The zero-order valence-electron chi connectivity index (χ0n) is 12.4. The molecular weight excluding hydrogens is 301 g/mol. The van der Waals surface area contributed by atoms with Gasteiger partial charge in [0.15, 0.2) is 0 Å². The van der Waals surface area contributed by atoms with E-state index < -0.39 is 11.7 Å². The monoisotopic (exact) mass is 317 g/mol. The Kier molecular flexibility index (Phi) is 4.36. The number of hydrogen-bond acceptors (Lipinski definition) is 5. The summed E-state index contributed by atoms with van der Waals surface area (Å²) in [6.45, 7) is 0.856. The minimum absolute atomic E-state index is 0.0648. The molecular formula is C16H16FN3O3. The third kappa shape index (κ3) is 3.39. The first-order valence-corrected chi connectivity index (χ1v) is 7.34. The number of carbonyl (C=O) groups is 1. The third-order valence-electron chi connectivity index (χ3n) is 3.76. The van der Waals surface area contributed by atoms with Gasteiger partial charge in [-0.3, -0.25) is 9.78 Å². The van der Waals surface area contributed by atoms with Gasteiger partial charge in [0.2, 0.25) is 5.88 Å². The highest BCUT2D eigenvalue weighted by molar-refractivity contribution is 5.97. The van der Waals surface area contributed by atoms with Crippen molar-refractivity contribution in [1.29, 1.82) is 0 Å². The molecule has 0 bridgehead atoms. The van der Waals surface area contributed by atoms with Crippen LogP contribution in [0.1, 0.15) is 23.2 Å². The largest absolute Gasteiger partial charge is 0.507 e. The fourth-order valence-electron chi connectivity index (χ4n) is 2.58. The van der Waals surface area contributed by atoms with Crippen molar-refractivity contribution in [1.82, 2.24) is 14.9 Å². The molecule has 1 aliphatic heterocycles. The van der Waals surface area contributed by atoms with Crippen LogP contribution in [0.3, 0.4) is 0 Å². The Bertz CT molecular complexity index is 668. The maximum Gasteiger partial charge on any atom is 0.260 e. The average Bonchev–Trinajstić information content (AvgIpc) is 2.56. The second kappa shape index (κ2) is 6.60. The van der Waals surface area contributed by atoms with E-state index in [1.54, 1.807) is 12.4 Å². The lowest BCUT2D eigenvalue weighted by atomic mass is 10.1. The van der Waals surface area contributed by atoms with E-state index in [0.717, 1.165) is 6.07 Å². The van der Waals surface area contributed by atoms with E-state index in [1.165, 1.54) is 23.2 Å². The van der Waals surface area contributed by atoms with Crippen LogP contribution in [0.4, 0.5) is 4.39 Å². The molecule has 1 aromatic heterocycles. The molecule has 1 N–H and O–H groups in total. The molecule has 0 spiro atoms. The van der Waals surface area contributed by atoms with Crippen LogP contribution in [0.15, 0.2) is 36.8 Å². The summed E-state index contributed by atoms with van der Waals surface area (Å²) in [4.78, 5) is 21.9. The fourth-order valence-corrected chi connectivity index (χ4v) is 2.58. The number of nitrogens with zero attached hydrogens (tertiary/aromatic N) is 3. The van der Waals surface area contributed by atoms with Gasteiger partial charge in [-0.15, -0.1) is 0 Å². The Morgan fingerprint density at radius 3 is 2.74 bits per heavy atom. The van der Waals surface area contributed by atoms with Crippen LogP contribution >= 0.6 is 0 Å². The van der Waals surface area contributed by atoms with E-state index in [2.05, 4.69) is 9.97 Å². The van der Waals surface area contributed by atoms with Crippen LogP contribution in [-0.4, -0.2) is 45.1 Å². The lowest BCUT2D eigenvalue weighted by Gasteiger charge is -2.32. The highest BCUT2D eigenvalue weighted by Gasteiger charge is 2.28. The molecule has 2 aromatic rings. The summed E-state index contributed by atoms with van der Waals surface area (Å²) in [7, 11) is 0. The van der Waals surface area contributed by atoms with Gasteiger partial charge in [-0.2, -0.15) is 0 Å². The molecule has 1 fully saturated rings. The molecule has 120 valence electrons. The van der Waals surface area contributed by atoms with E-state index in [0.29, 0.717) is 31.8 Å². The maximum absolute atomic E-state index is 13.8. The fraction of sp³-hybridized carbons (Fsp3) is 0.312. The number of rotatable bonds is 3. The number of phenols is 1.